The van der Waals surface area contributed by atoms with Gasteiger partial charge in [0.05, 0.1) is 11.6 Å². The van der Waals surface area contributed by atoms with Gasteiger partial charge in [-0.25, -0.2) is 4.98 Å². The minimum atomic E-state index is 0.590. The molecule has 1 aromatic heterocycles. The van der Waals surface area contributed by atoms with Crippen molar-refractivity contribution in [3.63, 3.8) is 0 Å². The molecule has 1 heterocycles. The van der Waals surface area contributed by atoms with Crippen molar-refractivity contribution in [1.29, 1.82) is 5.26 Å². The molecule has 0 bridgehead atoms. The molecule has 0 amide bonds. The molecule has 0 aromatic carbocycles. The Kier molecular flexibility index (Phi) is 3.89. The molecule has 0 aliphatic heterocycles. The third-order valence-corrected chi connectivity index (χ3v) is 1.98. The first kappa shape index (κ1) is 10.5. The SMILES string of the molecule is CCN(CCN)c1cc(C#N)ccn1. The van der Waals surface area contributed by atoms with Gasteiger partial charge in [0.2, 0.25) is 0 Å². The number of pyridine rings is 1. The second kappa shape index (κ2) is 5.20. The van der Waals surface area contributed by atoms with E-state index in [1.54, 1.807) is 18.3 Å². The fraction of sp³-hybridized carbons (Fsp3) is 0.400. The molecule has 2 N–H and O–H groups in total. The molecule has 0 saturated carbocycles. The normalized spacial score (nSPS) is 9.50. The van der Waals surface area contributed by atoms with Gasteiger partial charge in [0.1, 0.15) is 5.82 Å². The Morgan fingerprint density at radius 2 is 2.43 bits per heavy atom. The molecule has 0 fully saturated rings. The monoisotopic (exact) mass is 190 g/mol. The average molecular weight is 190 g/mol. The molecule has 0 atom stereocenters. The summed E-state index contributed by atoms with van der Waals surface area (Å²) < 4.78 is 0. The highest BCUT2D eigenvalue weighted by atomic mass is 15.2. The highest BCUT2D eigenvalue weighted by Crippen LogP contribution is 2.10. The number of aromatic nitrogens is 1. The molecule has 14 heavy (non-hydrogen) atoms. The number of likely N-dealkylation sites (N-methyl/N-ethyl adjacent to an activating group) is 1. The van der Waals surface area contributed by atoms with Crippen molar-refractivity contribution in [2.75, 3.05) is 24.5 Å². The van der Waals surface area contributed by atoms with Crippen LogP contribution in [0, 0.1) is 11.3 Å². The smallest absolute Gasteiger partial charge is 0.129 e. The van der Waals surface area contributed by atoms with Crippen LogP contribution < -0.4 is 10.6 Å². The lowest BCUT2D eigenvalue weighted by Crippen LogP contribution is -2.29. The number of rotatable bonds is 4. The second-order valence-corrected chi connectivity index (χ2v) is 2.88. The van der Waals surface area contributed by atoms with Gasteiger partial charge in [-0.1, -0.05) is 0 Å². The maximum Gasteiger partial charge on any atom is 0.129 e. The van der Waals surface area contributed by atoms with E-state index in [0.29, 0.717) is 12.1 Å². The molecule has 0 saturated heterocycles. The molecule has 0 spiro atoms. The molecule has 0 unspecified atom stereocenters. The fourth-order valence-electron chi connectivity index (χ4n) is 1.25. The van der Waals surface area contributed by atoms with Crippen LogP contribution in [-0.4, -0.2) is 24.6 Å². The van der Waals surface area contributed by atoms with Gasteiger partial charge in [-0.15, -0.1) is 0 Å². The number of nitriles is 1. The lowest BCUT2D eigenvalue weighted by Gasteiger charge is -2.20. The van der Waals surface area contributed by atoms with E-state index in [1.165, 1.54) is 0 Å². The average Bonchev–Trinajstić information content (AvgIpc) is 2.26. The quantitative estimate of drug-likeness (QED) is 0.760. The van der Waals surface area contributed by atoms with Gasteiger partial charge in [0.25, 0.3) is 0 Å². The van der Waals surface area contributed by atoms with Crippen LogP contribution in [0.5, 0.6) is 0 Å². The standard InChI is InChI=1S/C10H14N4/c1-2-14(6-4-11)10-7-9(8-12)3-5-13-10/h3,5,7H,2,4,6,11H2,1H3. The van der Waals surface area contributed by atoms with E-state index in [0.717, 1.165) is 18.9 Å². The van der Waals surface area contributed by atoms with Gasteiger partial charge in [0.15, 0.2) is 0 Å². The lowest BCUT2D eigenvalue weighted by atomic mass is 10.3. The molecular formula is C10H14N4. The Hall–Kier alpha value is -1.60. The van der Waals surface area contributed by atoms with E-state index in [1.807, 2.05) is 11.8 Å². The van der Waals surface area contributed by atoms with E-state index in [4.69, 9.17) is 11.0 Å². The van der Waals surface area contributed by atoms with Crippen molar-refractivity contribution in [3.8, 4) is 6.07 Å². The van der Waals surface area contributed by atoms with Crippen LogP contribution in [0.1, 0.15) is 12.5 Å². The molecule has 4 heteroatoms. The first-order valence-corrected chi connectivity index (χ1v) is 4.63. The Labute approximate surface area is 84.0 Å². The van der Waals surface area contributed by atoms with Crippen molar-refractivity contribution >= 4 is 5.82 Å². The lowest BCUT2D eigenvalue weighted by molar-refractivity contribution is 0.802. The van der Waals surface area contributed by atoms with Crippen molar-refractivity contribution < 1.29 is 0 Å². The van der Waals surface area contributed by atoms with Crippen LogP contribution in [0.3, 0.4) is 0 Å². The topological polar surface area (TPSA) is 65.9 Å². The Balaban J connectivity index is 2.87. The van der Waals surface area contributed by atoms with Crippen LogP contribution in [-0.2, 0) is 0 Å². The molecule has 1 aromatic rings. The van der Waals surface area contributed by atoms with Gasteiger partial charge in [-0.3, -0.25) is 0 Å². The molecule has 0 radical (unpaired) electrons. The summed E-state index contributed by atoms with van der Waals surface area (Å²) in [7, 11) is 0. The first-order valence-electron chi connectivity index (χ1n) is 4.63. The van der Waals surface area contributed by atoms with Gasteiger partial charge >= 0.3 is 0 Å². The number of hydrogen-bond donors (Lipinski definition) is 1. The minimum absolute atomic E-state index is 0.590. The van der Waals surface area contributed by atoms with Crippen molar-refractivity contribution in [2.45, 2.75) is 6.92 Å². The number of anilines is 1. The summed E-state index contributed by atoms with van der Waals surface area (Å²) in [4.78, 5) is 6.24. The molecule has 1 rings (SSSR count). The van der Waals surface area contributed by atoms with E-state index < -0.39 is 0 Å². The van der Waals surface area contributed by atoms with E-state index in [2.05, 4.69) is 11.1 Å². The third-order valence-electron chi connectivity index (χ3n) is 1.98. The maximum atomic E-state index is 8.73. The number of nitrogens with zero attached hydrogens (tertiary/aromatic N) is 3. The fourth-order valence-corrected chi connectivity index (χ4v) is 1.25. The number of nitrogens with two attached hydrogens (primary N) is 1. The summed E-state index contributed by atoms with van der Waals surface area (Å²) in [5.74, 6) is 0.817. The predicted octanol–water partition coefficient (Wildman–Crippen LogP) is 0.738. The van der Waals surface area contributed by atoms with Crippen LogP contribution in [0.2, 0.25) is 0 Å². The molecule has 0 aliphatic carbocycles. The van der Waals surface area contributed by atoms with Gasteiger partial charge in [-0.2, -0.15) is 5.26 Å². The van der Waals surface area contributed by atoms with Crippen LogP contribution in [0.15, 0.2) is 18.3 Å². The Morgan fingerprint density at radius 1 is 1.64 bits per heavy atom. The summed E-state index contributed by atoms with van der Waals surface area (Å²) in [6, 6.07) is 5.56. The van der Waals surface area contributed by atoms with Crippen molar-refractivity contribution in [3.05, 3.63) is 23.9 Å². The molecule has 74 valence electrons. The third kappa shape index (κ3) is 2.44. The maximum absolute atomic E-state index is 8.73. The van der Waals surface area contributed by atoms with E-state index in [-0.39, 0.29) is 0 Å². The van der Waals surface area contributed by atoms with E-state index >= 15 is 0 Å². The summed E-state index contributed by atoms with van der Waals surface area (Å²) >= 11 is 0. The van der Waals surface area contributed by atoms with Crippen LogP contribution in [0.25, 0.3) is 0 Å². The highest BCUT2D eigenvalue weighted by molar-refractivity contribution is 5.44. The van der Waals surface area contributed by atoms with Crippen LogP contribution in [0.4, 0.5) is 5.82 Å². The highest BCUT2D eigenvalue weighted by Gasteiger charge is 2.04. The number of hydrogen-bond acceptors (Lipinski definition) is 4. The summed E-state index contributed by atoms with van der Waals surface area (Å²) in [5.41, 5.74) is 6.11. The predicted molar refractivity (Wildman–Crippen MR) is 55.9 cm³/mol. The molecule has 4 nitrogen and oxygen atoms in total. The second-order valence-electron chi connectivity index (χ2n) is 2.88. The zero-order chi connectivity index (χ0) is 10.4. The Bertz CT molecular complexity index is 329. The molecular weight excluding hydrogens is 176 g/mol. The first-order chi connectivity index (χ1) is 6.81. The summed E-state index contributed by atoms with van der Waals surface area (Å²) in [5, 5.41) is 8.73. The summed E-state index contributed by atoms with van der Waals surface area (Å²) in [6.07, 6.45) is 1.65. The van der Waals surface area contributed by atoms with Crippen molar-refractivity contribution in [1.82, 2.24) is 4.98 Å². The van der Waals surface area contributed by atoms with Gasteiger partial charge < -0.3 is 10.6 Å². The minimum Gasteiger partial charge on any atom is -0.356 e. The zero-order valence-corrected chi connectivity index (χ0v) is 8.27. The van der Waals surface area contributed by atoms with Gasteiger partial charge in [0, 0.05) is 25.8 Å². The van der Waals surface area contributed by atoms with Crippen molar-refractivity contribution in [2.24, 2.45) is 5.73 Å². The van der Waals surface area contributed by atoms with Crippen LogP contribution >= 0.6 is 0 Å². The largest absolute Gasteiger partial charge is 0.356 e. The molecule has 0 aliphatic rings. The summed E-state index contributed by atoms with van der Waals surface area (Å²) in [6.45, 7) is 4.24. The Morgan fingerprint density at radius 3 is 3.00 bits per heavy atom. The van der Waals surface area contributed by atoms with Gasteiger partial charge in [-0.05, 0) is 19.1 Å². The zero-order valence-electron chi connectivity index (χ0n) is 8.27. The van der Waals surface area contributed by atoms with E-state index in [9.17, 15) is 0 Å².